The maximum Gasteiger partial charge on any atom is 0.253 e. The summed E-state index contributed by atoms with van der Waals surface area (Å²) in [5.41, 5.74) is 1.96. The molecule has 0 bridgehead atoms. The number of hydrogen-bond donors (Lipinski definition) is 0. The fourth-order valence-corrected chi connectivity index (χ4v) is 3.45. The SMILES string of the molecule is CCN(CC)c1ccc(C(=O)N2CCCC(Oc3nccnc3C#N)C2)cc1. The van der Waals surface area contributed by atoms with Gasteiger partial charge in [-0.1, -0.05) is 0 Å². The summed E-state index contributed by atoms with van der Waals surface area (Å²) in [5.74, 6) is 0.229. The Morgan fingerprint density at radius 2 is 1.96 bits per heavy atom. The highest BCUT2D eigenvalue weighted by atomic mass is 16.5. The van der Waals surface area contributed by atoms with Crippen LogP contribution in [0.4, 0.5) is 5.69 Å². The molecule has 1 unspecified atom stereocenters. The lowest BCUT2D eigenvalue weighted by Crippen LogP contribution is -2.44. The lowest BCUT2D eigenvalue weighted by atomic mass is 10.1. The Labute approximate surface area is 165 Å². The number of nitrogens with zero attached hydrogens (tertiary/aromatic N) is 5. The fraction of sp³-hybridized carbons (Fsp3) is 0.429. The average Bonchev–Trinajstić information content (AvgIpc) is 2.75. The van der Waals surface area contributed by atoms with Gasteiger partial charge in [0.25, 0.3) is 11.8 Å². The van der Waals surface area contributed by atoms with E-state index in [4.69, 9.17) is 10.00 Å². The molecule has 1 aliphatic heterocycles. The van der Waals surface area contributed by atoms with Crippen molar-refractivity contribution in [1.29, 1.82) is 5.26 Å². The van der Waals surface area contributed by atoms with Crippen molar-refractivity contribution in [2.75, 3.05) is 31.1 Å². The van der Waals surface area contributed by atoms with Gasteiger partial charge < -0.3 is 14.5 Å². The van der Waals surface area contributed by atoms with Gasteiger partial charge >= 0.3 is 0 Å². The third-order valence-electron chi connectivity index (χ3n) is 4.96. The van der Waals surface area contributed by atoms with Gasteiger partial charge in [-0.2, -0.15) is 5.26 Å². The molecule has 146 valence electrons. The van der Waals surface area contributed by atoms with E-state index in [1.54, 1.807) is 0 Å². The van der Waals surface area contributed by atoms with Crippen molar-refractivity contribution >= 4 is 11.6 Å². The van der Waals surface area contributed by atoms with Gasteiger partial charge in [0.1, 0.15) is 12.2 Å². The largest absolute Gasteiger partial charge is 0.470 e. The van der Waals surface area contributed by atoms with E-state index < -0.39 is 0 Å². The van der Waals surface area contributed by atoms with Crippen LogP contribution in [0.5, 0.6) is 5.88 Å². The maximum atomic E-state index is 12.9. The number of aromatic nitrogens is 2. The molecule has 0 saturated carbocycles. The Bertz CT molecular complexity index is 843. The van der Waals surface area contributed by atoms with Crippen molar-refractivity contribution in [2.24, 2.45) is 0 Å². The summed E-state index contributed by atoms with van der Waals surface area (Å²) in [5, 5.41) is 9.13. The first-order valence-electron chi connectivity index (χ1n) is 9.68. The molecular weight excluding hydrogens is 354 g/mol. The van der Waals surface area contributed by atoms with Crippen LogP contribution in [0.25, 0.3) is 0 Å². The highest BCUT2D eigenvalue weighted by Crippen LogP contribution is 2.21. The predicted molar refractivity (Wildman–Crippen MR) is 106 cm³/mol. The zero-order chi connectivity index (χ0) is 19.9. The fourth-order valence-electron chi connectivity index (χ4n) is 3.45. The number of hydrogen-bond acceptors (Lipinski definition) is 6. The molecule has 0 N–H and O–H groups in total. The molecule has 2 heterocycles. The summed E-state index contributed by atoms with van der Waals surface area (Å²) in [4.78, 5) is 25.0. The Hall–Kier alpha value is -3.14. The van der Waals surface area contributed by atoms with E-state index in [2.05, 4.69) is 28.7 Å². The van der Waals surface area contributed by atoms with Gasteiger partial charge in [0.15, 0.2) is 0 Å². The van der Waals surface area contributed by atoms with Crippen LogP contribution in [0.2, 0.25) is 0 Å². The van der Waals surface area contributed by atoms with Gasteiger partial charge in [0, 0.05) is 43.3 Å². The van der Waals surface area contributed by atoms with Crippen molar-refractivity contribution in [3.63, 3.8) is 0 Å². The molecule has 0 spiro atoms. The quantitative estimate of drug-likeness (QED) is 0.767. The number of carbonyl (C=O) groups is 1. The lowest BCUT2D eigenvalue weighted by Gasteiger charge is -2.32. The maximum absolute atomic E-state index is 12.9. The number of nitriles is 1. The highest BCUT2D eigenvalue weighted by Gasteiger charge is 2.26. The second-order valence-electron chi connectivity index (χ2n) is 6.67. The van der Waals surface area contributed by atoms with Gasteiger partial charge in [-0.15, -0.1) is 0 Å². The van der Waals surface area contributed by atoms with Gasteiger partial charge in [-0.25, -0.2) is 9.97 Å². The zero-order valence-electron chi connectivity index (χ0n) is 16.3. The van der Waals surface area contributed by atoms with Crippen LogP contribution in [0.3, 0.4) is 0 Å². The van der Waals surface area contributed by atoms with E-state index in [0.717, 1.165) is 31.6 Å². The zero-order valence-corrected chi connectivity index (χ0v) is 16.3. The lowest BCUT2D eigenvalue weighted by molar-refractivity contribution is 0.0526. The van der Waals surface area contributed by atoms with Crippen LogP contribution in [-0.2, 0) is 0 Å². The number of anilines is 1. The molecule has 7 nitrogen and oxygen atoms in total. The molecule has 1 atom stereocenters. The summed E-state index contributed by atoms with van der Waals surface area (Å²) >= 11 is 0. The number of benzene rings is 1. The predicted octanol–water partition coefficient (Wildman–Crippen LogP) is 2.88. The van der Waals surface area contributed by atoms with Crippen LogP contribution in [0.15, 0.2) is 36.7 Å². The summed E-state index contributed by atoms with van der Waals surface area (Å²) in [6.45, 7) is 7.26. The monoisotopic (exact) mass is 379 g/mol. The Morgan fingerprint density at radius 3 is 2.64 bits per heavy atom. The minimum atomic E-state index is -0.198. The number of likely N-dealkylation sites (tertiary alicyclic amines) is 1. The van der Waals surface area contributed by atoms with Crippen molar-refractivity contribution in [2.45, 2.75) is 32.8 Å². The van der Waals surface area contributed by atoms with Gasteiger partial charge in [0.05, 0.1) is 6.54 Å². The van der Waals surface area contributed by atoms with E-state index in [1.807, 2.05) is 35.2 Å². The molecule has 7 heteroatoms. The van der Waals surface area contributed by atoms with Crippen LogP contribution in [0.1, 0.15) is 42.7 Å². The van der Waals surface area contributed by atoms with Crippen LogP contribution < -0.4 is 9.64 Å². The van der Waals surface area contributed by atoms with Crippen molar-refractivity contribution in [3.8, 4) is 11.9 Å². The van der Waals surface area contributed by atoms with Crippen molar-refractivity contribution < 1.29 is 9.53 Å². The minimum Gasteiger partial charge on any atom is -0.470 e. The van der Waals surface area contributed by atoms with Gasteiger partial charge in [-0.3, -0.25) is 4.79 Å². The second kappa shape index (κ2) is 9.18. The summed E-state index contributed by atoms with van der Waals surface area (Å²) in [7, 11) is 0. The number of carbonyl (C=O) groups excluding carboxylic acids is 1. The second-order valence-corrected chi connectivity index (χ2v) is 6.67. The van der Waals surface area contributed by atoms with E-state index in [9.17, 15) is 4.79 Å². The first kappa shape index (κ1) is 19.6. The molecule has 1 aromatic carbocycles. The van der Waals surface area contributed by atoms with E-state index in [0.29, 0.717) is 18.7 Å². The number of piperidine rings is 1. The molecule has 1 aromatic heterocycles. The molecule has 0 radical (unpaired) electrons. The minimum absolute atomic E-state index is 0.000880. The average molecular weight is 379 g/mol. The first-order valence-corrected chi connectivity index (χ1v) is 9.68. The molecule has 1 fully saturated rings. The smallest absolute Gasteiger partial charge is 0.253 e. The molecule has 0 aliphatic carbocycles. The third kappa shape index (κ3) is 4.39. The van der Waals surface area contributed by atoms with Crippen LogP contribution >= 0.6 is 0 Å². The van der Waals surface area contributed by atoms with Gasteiger partial charge in [-0.05, 0) is 51.0 Å². The first-order chi connectivity index (χ1) is 13.7. The van der Waals surface area contributed by atoms with Crippen molar-refractivity contribution in [1.82, 2.24) is 14.9 Å². The summed E-state index contributed by atoms with van der Waals surface area (Å²) in [6.07, 6.45) is 4.42. The van der Waals surface area contributed by atoms with Gasteiger partial charge in [0.2, 0.25) is 5.69 Å². The third-order valence-corrected chi connectivity index (χ3v) is 4.96. The highest BCUT2D eigenvalue weighted by molar-refractivity contribution is 5.94. The van der Waals surface area contributed by atoms with Crippen LogP contribution in [-0.4, -0.2) is 53.1 Å². The molecule has 28 heavy (non-hydrogen) atoms. The van der Waals surface area contributed by atoms with E-state index >= 15 is 0 Å². The molecule has 1 aliphatic rings. The molecule has 2 aromatic rings. The molecule has 3 rings (SSSR count). The molecular formula is C21H25N5O2. The summed E-state index contributed by atoms with van der Waals surface area (Å²) in [6, 6.07) is 9.75. The topological polar surface area (TPSA) is 82.3 Å². The van der Waals surface area contributed by atoms with Crippen molar-refractivity contribution in [3.05, 3.63) is 47.9 Å². The van der Waals surface area contributed by atoms with Crippen LogP contribution in [0, 0.1) is 11.3 Å². The molecule has 1 saturated heterocycles. The summed E-state index contributed by atoms with van der Waals surface area (Å²) < 4.78 is 5.88. The number of ether oxygens (including phenoxy) is 1. The van der Waals surface area contributed by atoms with E-state index in [1.165, 1.54) is 12.4 Å². The normalized spacial score (nSPS) is 16.3. The Kier molecular flexibility index (Phi) is 6.43. The molecule has 1 amide bonds. The number of rotatable bonds is 6. The van der Waals surface area contributed by atoms with E-state index in [-0.39, 0.29) is 23.6 Å². The number of amides is 1. The Balaban J connectivity index is 1.66. The standard InChI is InChI=1S/C21H25N5O2/c1-3-25(4-2)17-9-7-16(8-10-17)21(27)26-13-5-6-18(15-26)28-20-19(14-22)23-11-12-24-20/h7-12,18H,3-6,13,15H2,1-2H3. The Morgan fingerprint density at radius 1 is 1.25 bits per heavy atom.